The zero-order valence-corrected chi connectivity index (χ0v) is 12.6. The number of carbonyl (C=O) groups is 3. The van der Waals surface area contributed by atoms with Crippen LogP contribution in [-0.2, 0) is 14.3 Å². The average Bonchev–Trinajstić information content (AvgIpc) is 3.15. The van der Waals surface area contributed by atoms with Gasteiger partial charge in [-0.1, -0.05) is 12.2 Å². The van der Waals surface area contributed by atoms with Crippen LogP contribution in [0, 0.1) is 23.7 Å². The summed E-state index contributed by atoms with van der Waals surface area (Å²) in [5, 5.41) is 12.1. The van der Waals surface area contributed by atoms with Gasteiger partial charge in [-0.2, -0.15) is 0 Å². The molecule has 1 saturated carbocycles. The number of anilines is 1. The van der Waals surface area contributed by atoms with E-state index in [4.69, 9.17) is 0 Å². The van der Waals surface area contributed by atoms with Gasteiger partial charge in [0.2, 0.25) is 5.91 Å². The van der Waals surface area contributed by atoms with Gasteiger partial charge in [0, 0.05) is 5.69 Å². The molecule has 0 aromatic heterocycles. The minimum atomic E-state index is -0.928. The van der Waals surface area contributed by atoms with Gasteiger partial charge in [0.25, 0.3) is 0 Å². The van der Waals surface area contributed by atoms with Crippen LogP contribution in [0.25, 0.3) is 0 Å². The number of carbonyl (C=O) groups excluding carboxylic acids is 2. The van der Waals surface area contributed by atoms with E-state index in [-0.39, 0.29) is 17.7 Å². The highest BCUT2D eigenvalue weighted by Gasteiger charge is 2.51. The molecule has 0 aliphatic heterocycles. The molecule has 3 rings (SSSR count). The number of amides is 1. The largest absolute Gasteiger partial charge is 0.481 e. The minimum Gasteiger partial charge on any atom is -0.481 e. The second kappa shape index (κ2) is 5.87. The third kappa shape index (κ3) is 2.72. The van der Waals surface area contributed by atoms with Crippen LogP contribution in [0.4, 0.5) is 5.69 Å². The maximum Gasteiger partial charge on any atom is 0.337 e. The van der Waals surface area contributed by atoms with Gasteiger partial charge in [-0.05, 0) is 42.5 Å². The van der Waals surface area contributed by atoms with E-state index in [1.54, 1.807) is 24.3 Å². The summed E-state index contributed by atoms with van der Waals surface area (Å²) in [6.45, 7) is 0. The molecule has 0 unspecified atom stereocenters. The lowest BCUT2D eigenvalue weighted by molar-refractivity contribution is -0.146. The Morgan fingerprint density at radius 2 is 1.70 bits per heavy atom. The fourth-order valence-corrected chi connectivity index (χ4v) is 3.55. The average molecular weight is 315 g/mol. The number of carboxylic acid groups (broad SMARTS) is 1. The molecule has 1 aromatic rings. The molecule has 2 N–H and O–H groups in total. The van der Waals surface area contributed by atoms with Crippen molar-refractivity contribution in [2.75, 3.05) is 12.4 Å². The van der Waals surface area contributed by atoms with Crippen LogP contribution >= 0.6 is 0 Å². The van der Waals surface area contributed by atoms with Crippen molar-refractivity contribution in [1.82, 2.24) is 0 Å². The first-order chi connectivity index (χ1) is 11.0. The first kappa shape index (κ1) is 15.3. The highest BCUT2D eigenvalue weighted by molar-refractivity contribution is 5.97. The first-order valence-corrected chi connectivity index (χ1v) is 7.41. The van der Waals surface area contributed by atoms with Crippen molar-refractivity contribution in [3.63, 3.8) is 0 Å². The zero-order valence-electron chi connectivity index (χ0n) is 12.6. The van der Waals surface area contributed by atoms with E-state index in [0.717, 1.165) is 6.42 Å². The standard InChI is InChI=1S/C17H17NO5/c1-23-17(22)9-4-6-12(7-5-9)18-15(19)13-10-2-3-11(8-10)14(13)16(20)21/h2-7,10-11,13-14H,8H2,1H3,(H,18,19)(H,20,21)/t10-,11-,13-,14+/m0/s1. The second-order valence-corrected chi connectivity index (χ2v) is 5.90. The van der Waals surface area contributed by atoms with Crippen molar-refractivity contribution >= 4 is 23.5 Å². The predicted octanol–water partition coefficient (Wildman–Crippen LogP) is 1.93. The molecule has 2 bridgehead atoms. The van der Waals surface area contributed by atoms with Gasteiger partial charge in [-0.3, -0.25) is 9.59 Å². The van der Waals surface area contributed by atoms with Crippen LogP contribution in [0.5, 0.6) is 0 Å². The van der Waals surface area contributed by atoms with Crippen molar-refractivity contribution in [1.29, 1.82) is 0 Å². The SMILES string of the molecule is COC(=O)c1ccc(NC(=O)[C@@H]2[C@H](C(=O)O)[C@H]3C=C[C@H]2C3)cc1. The van der Waals surface area contributed by atoms with Gasteiger partial charge in [0.1, 0.15) is 0 Å². The Labute approximate surface area is 133 Å². The zero-order chi connectivity index (χ0) is 16.6. The highest BCUT2D eigenvalue weighted by Crippen LogP contribution is 2.48. The molecule has 2 aliphatic rings. The first-order valence-electron chi connectivity index (χ1n) is 7.41. The molecule has 0 spiro atoms. The number of esters is 1. The van der Waals surface area contributed by atoms with E-state index < -0.39 is 23.8 Å². The number of carboxylic acids is 1. The maximum atomic E-state index is 12.5. The summed E-state index contributed by atoms with van der Waals surface area (Å²) in [5.41, 5.74) is 0.912. The van der Waals surface area contributed by atoms with Gasteiger partial charge >= 0.3 is 11.9 Å². The fraction of sp³-hybridized carbons (Fsp3) is 0.353. The van der Waals surface area contributed by atoms with Gasteiger partial charge < -0.3 is 15.2 Å². The molecule has 0 heterocycles. The molecule has 2 aliphatic carbocycles. The number of fused-ring (bicyclic) bond motifs is 2. The number of aliphatic carboxylic acids is 1. The Balaban J connectivity index is 1.73. The Morgan fingerprint density at radius 1 is 1.09 bits per heavy atom. The molecule has 6 nitrogen and oxygen atoms in total. The molecule has 23 heavy (non-hydrogen) atoms. The normalized spacial score (nSPS) is 27.7. The topological polar surface area (TPSA) is 92.7 Å². The van der Waals surface area contributed by atoms with Crippen molar-refractivity contribution in [2.24, 2.45) is 23.7 Å². The van der Waals surface area contributed by atoms with Crippen molar-refractivity contribution in [3.8, 4) is 0 Å². The summed E-state index contributed by atoms with van der Waals surface area (Å²) >= 11 is 0. The van der Waals surface area contributed by atoms with Gasteiger partial charge in [0.05, 0.1) is 24.5 Å². The lowest BCUT2D eigenvalue weighted by Gasteiger charge is -2.23. The Morgan fingerprint density at radius 3 is 2.26 bits per heavy atom. The van der Waals surface area contributed by atoms with E-state index in [1.807, 2.05) is 12.2 Å². The molecule has 6 heteroatoms. The van der Waals surface area contributed by atoms with Crippen LogP contribution < -0.4 is 5.32 Å². The summed E-state index contributed by atoms with van der Waals surface area (Å²) in [6, 6.07) is 6.31. The van der Waals surface area contributed by atoms with E-state index in [0.29, 0.717) is 11.3 Å². The number of benzene rings is 1. The van der Waals surface area contributed by atoms with Crippen LogP contribution in [-0.4, -0.2) is 30.1 Å². The Hall–Kier alpha value is -2.63. The van der Waals surface area contributed by atoms with Crippen LogP contribution in [0.15, 0.2) is 36.4 Å². The smallest absolute Gasteiger partial charge is 0.337 e. The van der Waals surface area contributed by atoms with E-state index in [2.05, 4.69) is 10.1 Å². The maximum absolute atomic E-state index is 12.5. The lowest BCUT2D eigenvalue weighted by atomic mass is 9.82. The monoisotopic (exact) mass is 315 g/mol. The Bertz CT molecular complexity index is 679. The number of methoxy groups -OCH3 is 1. The van der Waals surface area contributed by atoms with Gasteiger partial charge in [-0.15, -0.1) is 0 Å². The lowest BCUT2D eigenvalue weighted by Crippen LogP contribution is -2.36. The number of rotatable bonds is 4. The summed E-state index contributed by atoms with van der Waals surface area (Å²) < 4.78 is 4.61. The number of ether oxygens (including phenoxy) is 1. The van der Waals surface area contributed by atoms with E-state index >= 15 is 0 Å². The molecule has 4 atom stereocenters. The molecule has 120 valence electrons. The number of nitrogens with one attached hydrogen (secondary N) is 1. The third-order valence-corrected chi connectivity index (χ3v) is 4.62. The predicted molar refractivity (Wildman–Crippen MR) is 81.8 cm³/mol. The quantitative estimate of drug-likeness (QED) is 0.654. The molecular formula is C17H17NO5. The summed E-state index contributed by atoms with van der Waals surface area (Å²) in [6.07, 6.45) is 4.56. The molecule has 0 radical (unpaired) electrons. The number of allylic oxidation sites excluding steroid dienone is 2. The molecule has 1 aromatic carbocycles. The molecule has 1 amide bonds. The van der Waals surface area contributed by atoms with Crippen LogP contribution in [0.2, 0.25) is 0 Å². The van der Waals surface area contributed by atoms with Gasteiger partial charge in [-0.25, -0.2) is 4.79 Å². The minimum absolute atomic E-state index is 0.0181. The van der Waals surface area contributed by atoms with E-state index in [9.17, 15) is 19.5 Å². The van der Waals surface area contributed by atoms with Crippen molar-refractivity contribution < 1.29 is 24.2 Å². The summed E-state index contributed by atoms with van der Waals surface area (Å²) in [7, 11) is 1.30. The molecular weight excluding hydrogens is 298 g/mol. The molecule has 0 saturated heterocycles. The Kier molecular flexibility index (Phi) is 3.90. The molecule has 1 fully saturated rings. The summed E-state index contributed by atoms with van der Waals surface area (Å²) in [5.74, 6) is -2.97. The number of hydrogen-bond acceptors (Lipinski definition) is 4. The van der Waals surface area contributed by atoms with Crippen molar-refractivity contribution in [2.45, 2.75) is 6.42 Å². The van der Waals surface area contributed by atoms with Gasteiger partial charge in [0.15, 0.2) is 0 Å². The van der Waals surface area contributed by atoms with Crippen molar-refractivity contribution in [3.05, 3.63) is 42.0 Å². The van der Waals surface area contributed by atoms with E-state index in [1.165, 1.54) is 7.11 Å². The third-order valence-electron chi connectivity index (χ3n) is 4.62. The fourth-order valence-electron chi connectivity index (χ4n) is 3.55. The second-order valence-electron chi connectivity index (χ2n) is 5.90. The summed E-state index contributed by atoms with van der Waals surface area (Å²) in [4.78, 5) is 35.3. The highest BCUT2D eigenvalue weighted by atomic mass is 16.5. The van der Waals surface area contributed by atoms with Crippen LogP contribution in [0.1, 0.15) is 16.8 Å². The number of hydrogen-bond donors (Lipinski definition) is 2. The van der Waals surface area contributed by atoms with Crippen LogP contribution in [0.3, 0.4) is 0 Å².